The first-order chi connectivity index (χ1) is 16.0. The summed E-state index contributed by atoms with van der Waals surface area (Å²) in [4.78, 5) is 11.5. The fourth-order valence-electron chi connectivity index (χ4n) is 3.52. The SMILES string of the molecule is O=CC(O[C@H]1O[C@H](CO)[C@H](O)[C@H](O)[C@H]1O[C@H]1O[C@H](CO)[C@H](O)[C@H](O)[C@H]1O)C(O)C(O)C(O)CO. The average Bonchev–Trinajstić information content (AvgIpc) is 2.84. The van der Waals surface area contributed by atoms with E-state index < -0.39 is 106 Å². The lowest BCUT2D eigenvalue weighted by atomic mass is 9.97. The summed E-state index contributed by atoms with van der Waals surface area (Å²) in [5.41, 5.74) is 0. The number of aliphatic hydroxyl groups is 11. The molecule has 14 atom stereocenters. The summed E-state index contributed by atoms with van der Waals surface area (Å²) in [6, 6.07) is 0. The fourth-order valence-corrected chi connectivity index (χ4v) is 3.52. The summed E-state index contributed by atoms with van der Waals surface area (Å²) in [5.74, 6) is 0. The molecule has 16 nitrogen and oxygen atoms in total. The second-order valence-corrected chi connectivity index (χ2v) is 7.97. The third-order valence-electron chi connectivity index (χ3n) is 5.66. The summed E-state index contributed by atoms with van der Waals surface area (Å²) in [6.07, 6.45) is -25.6. The molecule has 11 N–H and O–H groups in total. The van der Waals surface area contributed by atoms with Gasteiger partial charge in [-0.15, -0.1) is 0 Å². The highest BCUT2D eigenvalue weighted by molar-refractivity contribution is 5.57. The van der Waals surface area contributed by atoms with Gasteiger partial charge >= 0.3 is 0 Å². The van der Waals surface area contributed by atoms with Crippen molar-refractivity contribution in [3.63, 3.8) is 0 Å². The lowest BCUT2D eigenvalue weighted by molar-refractivity contribution is -0.372. The van der Waals surface area contributed by atoms with Gasteiger partial charge in [-0.1, -0.05) is 0 Å². The first kappa shape index (κ1) is 29.3. The van der Waals surface area contributed by atoms with Crippen LogP contribution in [0.3, 0.4) is 0 Å². The van der Waals surface area contributed by atoms with Crippen LogP contribution < -0.4 is 0 Å². The Balaban J connectivity index is 2.26. The van der Waals surface area contributed by atoms with E-state index in [1.807, 2.05) is 0 Å². The number of carbonyl (C=O) groups is 1. The van der Waals surface area contributed by atoms with E-state index in [0.717, 1.165) is 0 Å². The zero-order chi connectivity index (χ0) is 25.7. The standard InChI is InChI=1S/C18H32O16/c19-1-5(23)9(24)10(25)6(2-20)32-18-16(14(29)12(27)8(4-22)33-18)34-17-15(30)13(28)11(26)7(3-21)31-17/h2,5-19,21-30H,1,3-4H2/t5?,6?,7-,8-,9?,10?,11+,12+,13+,14+,15-,16-,17-,18+/m1/s1. The molecule has 4 unspecified atom stereocenters. The van der Waals surface area contributed by atoms with E-state index in [0.29, 0.717) is 0 Å². The molecule has 0 radical (unpaired) electrons. The molecule has 2 rings (SSSR count). The molecule has 2 aliphatic heterocycles. The highest BCUT2D eigenvalue weighted by Crippen LogP contribution is 2.30. The van der Waals surface area contributed by atoms with Crippen molar-refractivity contribution in [2.45, 2.75) is 85.8 Å². The molecule has 0 bridgehead atoms. The minimum absolute atomic E-state index is 0.00235. The number of hydrogen-bond acceptors (Lipinski definition) is 16. The highest BCUT2D eigenvalue weighted by atomic mass is 16.8. The molecule has 2 saturated heterocycles. The van der Waals surface area contributed by atoms with E-state index >= 15 is 0 Å². The smallest absolute Gasteiger partial charge is 0.188 e. The maximum Gasteiger partial charge on any atom is 0.188 e. The summed E-state index contributed by atoms with van der Waals surface area (Å²) in [7, 11) is 0. The van der Waals surface area contributed by atoms with Crippen LogP contribution in [0.15, 0.2) is 0 Å². The van der Waals surface area contributed by atoms with Gasteiger partial charge < -0.3 is 79.9 Å². The molecular weight excluding hydrogens is 472 g/mol. The van der Waals surface area contributed by atoms with E-state index in [9.17, 15) is 55.9 Å². The van der Waals surface area contributed by atoms with Crippen molar-refractivity contribution in [2.24, 2.45) is 0 Å². The van der Waals surface area contributed by atoms with E-state index in [1.165, 1.54) is 0 Å². The summed E-state index contributed by atoms with van der Waals surface area (Å²) in [6.45, 7) is -2.61. The van der Waals surface area contributed by atoms with Gasteiger partial charge in [0.05, 0.1) is 19.8 Å². The van der Waals surface area contributed by atoms with Crippen molar-refractivity contribution in [3.8, 4) is 0 Å². The summed E-state index contributed by atoms with van der Waals surface area (Å²) in [5, 5.41) is 108. The van der Waals surface area contributed by atoms with Gasteiger partial charge in [0.15, 0.2) is 18.9 Å². The Bertz CT molecular complexity index is 623. The Morgan fingerprint density at radius 2 is 1.26 bits per heavy atom. The second-order valence-electron chi connectivity index (χ2n) is 7.97. The van der Waals surface area contributed by atoms with Crippen LogP contribution in [0.1, 0.15) is 0 Å². The Labute approximate surface area is 192 Å². The van der Waals surface area contributed by atoms with Crippen LogP contribution in [-0.2, 0) is 23.7 Å². The predicted octanol–water partition coefficient (Wildman–Crippen LogP) is -7.73. The lowest BCUT2D eigenvalue weighted by Crippen LogP contribution is -2.65. The fraction of sp³-hybridized carbons (Fsp3) is 0.944. The molecule has 2 heterocycles. The van der Waals surface area contributed by atoms with Crippen molar-refractivity contribution in [3.05, 3.63) is 0 Å². The summed E-state index contributed by atoms with van der Waals surface area (Å²) < 4.78 is 21.1. The Morgan fingerprint density at radius 3 is 1.76 bits per heavy atom. The molecule has 2 aliphatic rings. The molecule has 0 saturated carbocycles. The normalized spacial score (nSPS) is 42.6. The Kier molecular flexibility index (Phi) is 11.1. The maximum atomic E-state index is 11.5. The molecule has 0 aromatic heterocycles. The van der Waals surface area contributed by atoms with E-state index in [4.69, 9.17) is 24.1 Å². The second kappa shape index (κ2) is 12.9. The average molecular weight is 504 g/mol. The van der Waals surface area contributed by atoms with Crippen molar-refractivity contribution in [1.82, 2.24) is 0 Å². The molecule has 0 spiro atoms. The zero-order valence-corrected chi connectivity index (χ0v) is 17.7. The molecule has 0 aromatic rings. The first-order valence-corrected chi connectivity index (χ1v) is 10.4. The zero-order valence-electron chi connectivity index (χ0n) is 17.7. The lowest BCUT2D eigenvalue weighted by Gasteiger charge is -2.46. The monoisotopic (exact) mass is 504 g/mol. The summed E-state index contributed by atoms with van der Waals surface area (Å²) >= 11 is 0. The molecule has 2 fully saturated rings. The number of carbonyl (C=O) groups excluding carboxylic acids is 1. The number of aliphatic hydroxyl groups excluding tert-OH is 11. The molecule has 34 heavy (non-hydrogen) atoms. The van der Waals surface area contributed by atoms with Crippen LogP contribution in [0.2, 0.25) is 0 Å². The third-order valence-corrected chi connectivity index (χ3v) is 5.66. The van der Waals surface area contributed by atoms with Crippen molar-refractivity contribution < 1.29 is 79.9 Å². The minimum atomic E-state index is -2.12. The van der Waals surface area contributed by atoms with Crippen LogP contribution in [0.4, 0.5) is 0 Å². The van der Waals surface area contributed by atoms with Crippen molar-refractivity contribution in [2.75, 3.05) is 19.8 Å². The van der Waals surface area contributed by atoms with Gasteiger partial charge in [-0.3, -0.25) is 0 Å². The van der Waals surface area contributed by atoms with Gasteiger partial charge in [0, 0.05) is 0 Å². The van der Waals surface area contributed by atoms with Gasteiger partial charge in [0.2, 0.25) is 0 Å². The maximum absolute atomic E-state index is 11.5. The quantitative estimate of drug-likeness (QED) is 0.117. The number of rotatable bonds is 11. The first-order valence-electron chi connectivity index (χ1n) is 10.4. The van der Waals surface area contributed by atoms with Gasteiger partial charge in [0.25, 0.3) is 0 Å². The number of ether oxygens (including phenoxy) is 4. The van der Waals surface area contributed by atoms with Crippen LogP contribution >= 0.6 is 0 Å². The molecular formula is C18H32O16. The van der Waals surface area contributed by atoms with Crippen LogP contribution in [0.25, 0.3) is 0 Å². The van der Waals surface area contributed by atoms with E-state index in [1.54, 1.807) is 0 Å². The van der Waals surface area contributed by atoms with E-state index in [2.05, 4.69) is 0 Å². The molecule has 200 valence electrons. The largest absolute Gasteiger partial charge is 0.394 e. The third kappa shape index (κ3) is 6.25. The van der Waals surface area contributed by atoms with Gasteiger partial charge in [-0.2, -0.15) is 0 Å². The predicted molar refractivity (Wildman–Crippen MR) is 102 cm³/mol. The van der Waals surface area contributed by atoms with Gasteiger partial charge in [0.1, 0.15) is 73.2 Å². The topological polar surface area (TPSA) is 277 Å². The van der Waals surface area contributed by atoms with Gasteiger partial charge in [-0.05, 0) is 0 Å². The van der Waals surface area contributed by atoms with Crippen molar-refractivity contribution in [1.29, 1.82) is 0 Å². The van der Waals surface area contributed by atoms with Crippen LogP contribution in [0.5, 0.6) is 0 Å². The molecule has 0 amide bonds. The van der Waals surface area contributed by atoms with E-state index in [-0.39, 0.29) is 6.29 Å². The van der Waals surface area contributed by atoms with Crippen molar-refractivity contribution >= 4 is 6.29 Å². The number of aldehydes is 1. The van der Waals surface area contributed by atoms with Crippen LogP contribution in [0, 0.1) is 0 Å². The van der Waals surface area contributed by atoms with Gasteiger partial charge in [-0.25, -0.2) is 0 Å². The Morgan fingerprint density at radius 1 is 0.735 bits per heavy atom. The Hall–Kier alpha value is -0.930. The minimum Gasteiger partial charge on any atom is -0.394 e. The van der Waals surface area contributed by atoms with Crippen LogP contribution in [-0.4, -0.2) is 168 Å². The highest BCUT2D eigenvalue weighted by Gasteiger charge is 2.51. The molecule has 0 aromatic carbocycles. The number of hydrogen-bond donors (Lipinski definition) is 11. The molecule has 16 heteroatoms. The molecule has 0 aliphatic carbocycles.